The number of aromatic amines is 3. The number of fused-ring (bicyclic) bond motifs is 3. The highest BCUT2D eigenvalue weighted by Gasteiger charge is 2.39. The van der Waals surface area contributed by atoms with E-state index < -0.39 is 113 Å². The van der Waals surface area contributed by atoms with Crippen molar-refractivity contribution in [1.29, 1.82) is 0 Å². The molecule has 9 atom stereocenters. The Labute approximate surface area is 612 Å². The molecule has 0 fully saturated rings. The van der Waals surface area contributed by atoms with Crippen LogP contribution in [0, 0.1) is 0 Å². The third-order valence-electron chi connectivity index (χ3n) is 19.1. The Morgan fingerprint density at radius 1 is 0.305 bits per heavy atom. The van der Waals surface area contributed by atoms with Crippen LogP contribution in [0.2, 0.25) is 0 Å². The van der Waals surface area contributed by atoms with Crippen LogP contribution in [0.5, 0.6) is 0 Å². The number of nitrogens with one attached hydrogen (secondary N) is 11. The lowest BCUT2D eigenvalue weighted by Gasteiger charge is -2.31. The molecule has 8 rings (SSSR count). The first-order valence-corrected chi connectivity index (χ1v) is 36.7. The van der Waals surface area contributed by atoms with Crippen molar-refractivity contribution in [3.8, 4) is 0 Å². The van der Waals surface area contributed by atoms with Gasteiger partial charge in [-0.15, -0.1) is 0 Å². The summed E-state index contributed by atoms with van der Waals surface area (Å²) in [5, 5.41) is 25.6. The predicted molar refractivity (Wildman–Crippen MR) is 408 cm³/mol. The molecule has 5 aromatic carbocycles. The Hall–Kier alpha value is -10.3. The molecule has 0 spiro atoms. The number of H-pyrrole nitrogens is 3. The summed E-state index contributed by atoms with van der Waals surface area (Å²) in [6.07, 6.45) is 10.4. The fraction of sp³-hybridized carbons (Fsp3) is 0.423. The van der Waals surface area contributed by atoms with Gasteiger partial charge in [-0.1, -0.05) is 122 Å². The van der Waals surface area contributed by atoms with Gasteiger partial charge in [0.15, 0.2) is 0 Å². The van der Waals surface area contributed by atoms with Crippen LogP contribution >= 0.6 is 0 Å². The second-order valence-electron chi connectivity index (χ2n) is 26.8. The number of benzene rings is 5. The molecule has 27 nitrogen and oxygen atoms in total. The lowest BCUT2D eigenvalue weighted by atomic mass is 9.84. The number of carbonyl (C=O) groups is 9. The van der Waals surface area contributed by atoms with E-state index in [4.69, 9.17) is 40.1 Å². The molecule has 0 aliphatic rings. The Morgan fingerprint density at radius 2 is 0.581 bits per heavy atom. The molecule has 8 aromatic rings. The van der Waals surface area contributed by atoms with Gasteiger partial charge >= 0.3 is 0 Å². The molecule has 0 saturated heterocycles. The zero-order valence-corrected chi connectivity index (χ0v) is 59.7. The van der Waals surface area contributed by atoms with Gasteiger partial charge in [-0.05, 0) is 169 Å². The van der Waals surface area contributed by atoms with Crippen LogP contribution in [0.4, 0.5) is 0 Å². The summed E-state index contributed by atoms with van der Waals surface area (Å²) in [4.78, 5) is 143. The Kier molecular flexibility index (Phi) is 32.1. The number of unbranched alkanes of at least 4 members (excludes halogenated alkanes) is 5. The van der Waals surface area contributed by atoms with Crippen LogP contribution in [0.15, 0.2) is 152 Å². The molecule has 3 heterocycles. The molecule has 27 heteroatoms. The van der Waals surface area contributed by atoms with Crippen molar-refractivity contribution in [3.63, 3.8) is 0 Å². The minimum atomic E-state index is -1.43. The summed E-state index contributed by atoms with van der Waals surface area (Å²) in [6.45, 7) is 1.59. The van der Waals surface area contributed by atoms with Gasteiger partial charge in [-0.3, -0.25) is 43.2 Å². The van der Waals surface area contributed by atoms with Crippen LogP contribution in [-0.4, -0.2) is 155 Å². The minimum absolute atomic E-state index is 0.0232. The van der Waals surface area contributed by atoms with E-state index in [-0.39, 0.29) is 58.0 Å². The first-order valence-electron chi connectivity index (χ1n) is 36.7. The van der Waals surface area contributed by atoms with Crippen molar-refractivity contribution in [2.24, 2.45) is 40.1 Å². The SMILES string of the molecule is NCCCC[C@H](NC(=O)C(NC(=O)[C@H](Cc1c[nH]c2ccccc12)NC(=O)[C@H](CCCCN)NC(=O)[C@H](CCCCN)NC(=O)[C@H](Cc1c[nH]c2ccccc12)NC(=O)[C@H](Cc1c[nH]c2ccccc12)NC(=O)[C@H](CCCCN)NC(=O)[C@@H](N)CCCCN)C(c1ccccc1)c1ccccc1)C(N)=O. The maximum Gasteiger partial charge on any atom is 0.244 e. The largest absolute Gasteiger partial charge is 0.368 e. The highest BCUT2D eigenvalue weighted by molar-refractivity contribution is 6.00. The van der Waals surface area contributed by atoms with E-state index in [2.05, 4.69) is 57.5 Å². The van der Waals surface area contributed by atoms with Gasteiger partial charge < -0.3 is 97.6 Å². The van der Waals surface area contributed by atoms with Gasteiger partial charge in [0.05, 0.1) is 6.04 Å². The summed E-state index contributed by atoms with van der Waals surface area (Å²) in [5.41, 5.74) is 47.2. The van der Waals surface area contributed by atoms with Gasteiger partial charge in [-0.2, -0.15) is 0 Å². The zero-order chi connectivity index (χ0) is 75.0. The molecule has 562 valence electrons. The standard InChI is InChI=1S/C78H106N18O9/c79-38-18-13-30-57(84)71(98)90-62(35-15-20-40-81)73(100)93-66(44-52-47-87-59-32-11-8-28-55(52)59)76(103)95-65(43-51-46-86-58-31-10-7-27-54(51)58)75(102)92-63(36-16-21-41-82)72(99)91-64(37-17-22-42-83)74(101)94-67(45-53-48-88-60-33-12-9-29-56(53)60)77(104)96-69(78(105)89-61(70(85)97)34-14-19-39-80)68(49-23-3-1-4-24-49)50-25-5-2-6-26-50/h1-12,23-29,31-33,46-48,57,61-69,86-88H,13-22,30,34-45,79-84H2,(H2,85,97)(H,89,105)(H,90,98)(H,91,99)(H,92,102)(H,93,100)(H,94,101)(H,95,103)(H,96,104)/t57-,61-,62-,63-,64-,65-,66-,67-,69?/m0/s1. The number of rotatable bonds is 46. The lowest BCUT2D eigenvalue weighted by molar-refractivity contribution is -0.136. The van der Waals surface area contributed by atoms with E-state index in [9.17, 15) is 14.4 Å². The van der Waals surface area contributed by atoms with Crippen LogP contribution in [-0.2, 0) is 62.4 Å². The van der Waals surface area contributed by atoms with Gasteiger partial charge in [0, 0.05) is 76.5 Å². The van der Waals surface area contributed by atoms with E-state index in [0.29, 0.717) is 118 Å². The second-order valence-corrected chi connectivity index (χ2v) is 26.8. The summed E-state index contributed by atoms with van der Waals surface area (Å²) >= 11 is 0. The topological polar surface area (TPSA) is 479 Å². The van der Waals surface area contributed by atoms with Crippen LogP contribution < -0.4 is 82.7 Å². The van der Waals surface area contributed by atoms with Crippen LogP contribution in [0.3, 0.4) is 0 Å². The number of para-hydroxylation sites is 3. The predicted octanol–water partition coefficient (Wildman–Crippen LogP) is 3.33. The maximum absolute atomic E-state index is 15.6. The molecule has 105 heavy (non-hydrogen) atoms. The average molecular weight is 1440 g/mol. The fourth-order valence-electron chi connectivity index (χ4n) is 13.2. The molecule has 0 aliphatic heterocycles. The van der Waals surface area contributed by atoms with E-state index in [0.717, 1.165) is 32.7 Å². The van der Waals surface area contributed by atoms with Crippen LogP contribution in [0.25, 0.3) is 32.7 Å². The molecule has 0 saturated carbocycles. The van der Waals surface area contributed by atoms with Gasteiger partial charge in [0.2, 0.25) is 53.2 Å². The highest BCUT2D eigenvalue weighted by atomic mass is 16.2. The highest BCUT2D eigenvalue weighted by Crippen LogP contribution is 2.30. The zero-order valence-electron chi connectivity index (χ0n) is 59.7. The number of amides is 9. The second kappa shape index (κ2) is 41.9. The minimum Gasteiger partial charge on any atom is -0.368 e. The van der Waals surface area contributed by atoms with Crippen molar-refractivity contribution < 1.29 is 43.2 Å². The number of carbonyl (C=O) groups excluding carboxylic acids is 9. The normalized spacial score (nSPS) is 14.0. The van der Waals surface area contributed by atoms with E-state index in [1.165, 1.54) is 0 Å². The number of hydrogen-bond donors (Lipinski definition) is 18. The quantitative estimate of drug-likeness (QED) is 0.0243. The summed E-state index contributed by atoms with van der Waals surface area (Å²) in [5.74, 6) is -7.44. The third kappa shape index (κ3) is 23.6. The van der Waals surface area contributed by atoms with Crippen molar-refractivity contribution >= 4 is 85.9 Å². The molecule has 0 bridgehead atoms. The smallest absolute Gasteiger partial charge is 0.244 e. The van der Waals surface area contributed by atoms with Crippen molar-refractivity contribution in [1.82, 2.24) is 57.5 Å². The molecular weight excluding hydrogens is 1330 g/mol. The van der Waals surface area contributed by atoms with Crippen molar-refractivity contribution in [3.05, 3.63) is 180 Å². The molecule has 1 unspecified atom stereocenters. The summed E-state index contributed by atoms with van der Waals surface area (Å²) in [6, 6.07) is 28.9. The Morgan fingerprint density at radius 3 is 0.924 bits per heavy atom. The molecule has 25 N–H and O–H groups in total. The van der Waals surface area contributed by atoms with Gasteiger partial charge in [0.1, 0.15) is 48.3 Å². The Balaban J connectivity index is 1.12. The van der Waals surface area contributed by atoms with Gasteiger partial charge in [-0.25, -0.2) is 0 Å². The first kappa shape index (κ1) is 80.4. The van der Waals surface area contributed by atoms with E-state index >= 15 is 28.8 Å². The third-order valence-corrected chi connectivity index (χ3v) is 19.1. The van der Waals surface area contributed by atoms with Crippen molar-refractivity contribution in [2.45, 2.75) is 176 Å². The Bertz CT molecular complexity index is 4070. The fourth-order valence-corrected chi connectivity index (χ4v) is 13.2. The van der Waals surface area contributed by atoms with Crippen molar-refractivity contribution in [2.75, 3.05) is 32.7 Å². The molecule has 3 aromatic heterocycles. The van der Waals surface area contributed by atoms with Gasteiger partial charge in [0.25, 0.3) is 0 Å². The number of primary amides is 1. The van der Waals surface area contributed by atoms with E-state index in [1.54, 1.807) is 18.6 Å². The number of nitrogens with two attached hydrogens (primary N) is 7. The maximum atomic E-state index is 15.6. The molecule has 0 aliphatic carbocycles. The summed E-state index contributed by atoms with van der Waals surface area (Å²) < 4.78 is 0. The lowest BCUT2D eigenvalue weighted by Crippen LogP contribution is -2.61. The number of aromatic nitrogens is 3. The number of hydrogen-bond acceptors (Lipinski definition) is 15. The molecular formula is C78H106N18O9. The average Bonchev–Trinajstić information content (AvgIpc) is 1.82. The summed E-state index contributed by atoms with van der Waals surface area (Å²) in [7, 11) is 0. The van der Waals surface area contributed by atoms with Crippen LogP contribution in [0.1, 0.15) is 130 Å². The first-order chi connectivity index (χ1) is 50.9. The monoisotopic (exact) mass is 1440 g/mol. The van der Waals surface area contributed by atoms with E-state index in [1.807, 2.05) is 133 Å². The molecule has 9 amide bonds. The molecule has 0 radical (unpaired) electrons.